The zero-order valence-electron chi connectivity index (χ0n) is 20.4. The van der Waals surface area contributed by atoms with Crippen LogP contribution in [0, 0.1) is 0 Å². The van der Waals surface area contributed by atoms with E-state index in [0.717, 1.165) is 12.8 Å². The van der Waals surface area contributed by atoms with Crippen molar-refractivity contribution in [2.75, 3.05) is 5.32 Å². The van der Waals surface area contributed by atoms with E-state index in [1.54, 1.807) is 48.5 Å². The summed E-state index contributed by atoms with van der Waals surface area (Å²) in [6.07, 6.45) is 4.94. The number of tetrazole rings is 1. The van der Waals surface area contributed by atoms with Crippen molar-refractivity contribution in [3.05, 3.63) is 66.0 Å². The summed E-state index contributed by atoms with van der Waals surface area (Å²) < 4.78 is 1.38. The van der Waals surface area contributed by atoms with Crippen molar-refractivity contribution in [1.82, 2.24) is 25.5 Å². The second-order valence-electron chi connectivity index (χ2n) is 8.42. The van der Waals surface area contributed by atoms with Crippen LogP contribution in [0.5, 0.6) is 0 Å². The second kappa shape index (κ2) is 13.0. The molecule has 0 radical (unpaired) electrons. The number of benzene rings is 2. The van der Waals surface area contributed by atoms with Crippen LogP contribution in [0.3, 0.4) is 0 Å². The fraction of sp³-hybridized carbons (Fsp3) is 0.346. The van der Waals surface area contributed by atoms with Crippen molar-refractivity contribution in [2.24, 2.45) is 0 Å². The molecule has 0 fully saturated rings. The number of carbonyl (C=O) groups excluding carboxylic acids is 4. The topological polar surface area (TPSA) is 136 Å². The number of hydrogen-bond acceptors (Lipinski definition) is 7. The molecule has 188 valence electrons. The van der Waals surface area contributed by atoms with Gasteiger partial charge in [-0.3, -0.25) is 19.2 Å². The standard InChI is InChI=1S/C26H30N6O4/c1-3-21(34)12-5-4-6-14-23(26(36)28-20-11-9-10-19(16-20)18(2)33)29-25(35)22-13-7-8-15-24(22)32-17-27-30-31-32/h7-11,13,15-17,23H,3-6,12,14H2,1-2H3,(H,28,36)(H,29,35)/t23-/m0/s1. The van der Waals surface area contributed by atoms with Crippen LogP contribution in [0.15, 0.2) is 54.9 Å². The van der Waals surface area contributed by atoms with Gasteiger partial charge in [-0.25, -0.2) is 0 Å². The largest absolute Gasteiger partial charge is 0.340 e. The maximum Gasteiger partial charge on any atom is 0.254 e. The summed E-state index contributed by atoms with van der Waals surface area (Å²) in [5.74, 6) is -0.743. The Morgan fingerprint density at radius 3 is 2.53 bits per heavy atom. The van der Waals surface area contributed by atoms with Gasteiger partial charge in [-0.1, -0.05) is 44.0 Å². The second-order valence-corrected chi connectivity index (χ2v) is 8.42. The minimum atomic E-state index is -0.831. The van der Waals surface area contributed by atoms with Crippen LogP contribution in [0.2, 0.25) is 0 Å². The lowest BCUT2D eigenvalue weighted by atomic mass is 10.0. The predicted molar refractivity (Wildman–Crippen MR) is 134 cm³/mol. The quantitative estimate of drug-likeness (QED) is 0.276. The van der Waals surface area contributed by atoms with Gasteiger partial charge in [-0.15, -0.1) is 5.10 Å². The van der Waals surface area contributed by atoms with E-state index in [9.17, 15) is 19.2 Å². The molecule has 10 heteroatoms. The molecule has 2 amide bonds. The first kappa shape index (κ1) is 26.4. The number of hydrogen-bond donors (Lipinski definition) is 2. The summed E-state index contributed by atoms with van der Waals surface area (Å²) in [6.45, 7) is 3.29. The van der Waals surface area contributed by atoms with Crippen molar-refractivity contribution >= 4 is 29.1 Å². The average molecular weight is 491 g/mol. The van der Waals surface area contributed by atoms with Crippen molar-refractivity contribution in [3.8, 4) is 5.69 Å². The molecule has 0 unspecified atom stereocenters. The highest BCUT2D eigenvalue weighted by Crippen LogP contribution is 2.16. The summed E-state index contributed by atoms with van der Waals surface area (Å²) in [5.41, 5.74) is 1.74. The molecule has 0 aliphatic rings. The number of Topliss-reactive ketones (excluding diaryl/α,β-unsaturated/α-hetero) is 2. The number of aromatic nitrogens is 4. The Hall–Kier alpha value is -4.21. The molecule has 0 saturated carbocycles. The number of nitrogens with one attached hydrogen (secondary N) is 2. The van der Waals surface area contributed by atoms with Crippen LogP contribution in [-0.4, -0.2) is 49.6 Å². The Labute approximate surface area is 209 Å². The number of ketones is 2. The smallest absolute Gasteiger partial charge is 0.254 e. The maximum atomic E-state index is 13.2. The molecule has 10 nitrogen and oxygen atoms in total. The van der Waals surface area contributed by atoms with Crippen LogP contribution in [0.25, 0.3) is 5.69 Å². The van der Waals surface area contributed by atoms with Gasteiger partial charge in [0.05, 0.1) is 11.3 Å². The SMILES string of the molecule is CCC(=O)CCCCC[C@H](NC(=O)c1ccccc1-n1cnnn1)C(=O)Nc1cccc(C(C)=O)c1. The first-order chi connectivity index (χ1) is 17.4. The van der Waals surface area contributed by atoms with Crippen molar-refractivity contribution in [3.63, 3.8) is 0 Å². The highest BCUT2D eigenvalue weighted by Gasteiger charge is 2.23. The molecular formula is C26H30N6O4. The minimum absolute atomic E-state index is 0.114. The summed E-state index contributed by atoms with van der Waals surface area (Å²) >= 11 is 0. The van der Waals surface area contributed by atoms with E-state index in [2.05, 4.69) is 26.2 Å². The van der Waals surface area contributed by atoms with Crippen LogP contribution >= 0.6 is 0 Å². The molecule has 0 aliphatic heterocycles. The number of unbranched alkanes of at least 4 members (excludes halogenated alkanes) is 2. The van der Waals surface area contributed by atoms with Crippen molar-refractivity contribution in [1.29, 1.82) is 0 Å². The lowest BCUT2D eigenvalue weighted by Gasteiger charge is -2.19. The number of carbonyl (C=O) groups is 4. The Balaban J connectivity index is 1.74. The van der Waals surface area contributed by atoms with E-state index in [-0.39, 0.29) is 11.6 Å². The van der Waals surface area contributed by atoms with E-state index in [0.29, 0.717) is 48.2 Å². The minimum Gasteiger partial charge on any atom is -0.340 e. The van der Waals surface area contributed by atoms with Gasteiger partial charge in [0.25, 0.3) is 5.91 Å². The first-order valence-electron chi connectivity index (χ1n) is 12.0. The normalized spacial score (nSPS) is 11.5. The summed E-state index contributed by atoms with van der Waals surface area (Å²) in [5, 5.41) is 16.7. The van der Waals surface area contributed by atoms with Gasteiger partial charge in [0.2, 0.25) is 5.91 Å². The van der Waals surface area contributed by atoms with E-state index in [1.165, 1.54) is 17.9 Å². The van der Waals surface area contributed by atoms with Gasteiger partial charge >= 0.3 is 0 Å². The van der Waals surface area contributed by atoms with Gasteiger partial charge in [0, 0.05) is 24.1 Å². The lowest BCUT2D eigenvalue weighted by molar-refractivity contribution is -0.119. The van der Waals surface area contributed by atoms with Crippen molar-refractivity contribution in [2.45, 2.75) is 58.4 Å². The molecule has 0 aliphatic carbocycles. The maximum absolute atomic E-state index is 13.2. The number of anilines is 1. The van der Waals surface area contributed by atoms with Crippen LogP contribution in [0.1, 0.15) is 73.1 Å². The van der Waals surface area contributed by atoms with Gasteiger partial charge in [0.15, 0.2) is 5.78 Å². The summed E-state index contributed by atoms with van der Waals surface area (Å²) in [7, 11) is 0. The fourth-order valence-electron chi connectivity index (χ4n) is 3.71. The predicted octanol–water partition coefficient (Wildman–Crippen LogP) is 3.53. The molecule has 0 bridgehead atoms. The summed E-state index contributed by atoms with van der Waals surface area (Å²) in [6, 6.07) is 12.6. The van der Waals surface area contributed by atoms with Crippen LogP contribution in [0.4, 0.5) is 5.69 Å². The number of rotatable bonds is 13. The Morgan fingerprint density at radius 1 is 1.00 bits per heavy atom. The molecule has 1 atom stereocenters. The third-order valence-electron chi connectivity index (χ3n) is 5.75. The fourth-order valence-corrected chi connectivity index (χ4v) is 3.71. The number of nitrogens with zero attached hydrogens (tertiary/aromatic N) is 4. The zero-order valence-corrected chi connectivity index (χ0v) is 20.4. The monoisotopic (exact) mass is 490 g/mol. The molecule has 0 spiro atoms. The average Bonchev–Trinajstić information content (AvgIpc) is 3.42. The van der Waals surface area contributed by atoms with Gasteiger partial charge in [0.1, 0.15) is 18.2 Å². The molecular weight excluding hydrogens is 460 g/mol. The lowest BCUT2D eigenvalue weighted by Crippen LogP contribution is -2.44. The molecule has 36 heavy (non-hydrogen) atoms. The molecule has 1 heterocycles. The molecule has 1 aromatic heterocycles. The van der Waals surface area contributed by atoms with Gasteiger partial charge in [-0.2, -0.15) is 4.68 Å². The van der Waals surface area contributed by atoms with E-state index in [1.807, 2.05) is 6.92 Å². The molecule has 2 N–H and O–H groups in total. The molecule has 3 aromatic rings. The summed E-state index contributed by atoms with van der Waals surface area (Å²) in [4.78, 5) is 49.7. The highest BCUT2D eigenvalue weighted by molar-refractivity contribution is 6.03. The number of para-hydroxylation sites is 1. The Bertz CT molecular complexity index is 1210. The molecule has 3 rings (SSSR count). The van der Waals surface area contributed by atoms with Crippen LogP contribution in [-0.2, 0) is 9.59 Å². The zero-order chi connectivity index (χ0) is 25.9. The first-order valence-corrected chi connectivity index (χ1v) is 12.0. The number of amides is 2. The van der Waals surface area contributed by atoms with Gasteiger partial charge < -0.3 is 10.6 Å². The van der Waals surface area contributed by atoms with Gasteiger partial charge in [-0.05, 0) is 54.5 Å². The Morgan fingerprint density at radius 2 is 1.81 bits per heavy atom. The van der Waals surface area contributed by atoms with E-state index in [4.69, 9.17) is 0 Å². The third-order valence-corrected chi connectivity index (χ3v) is 5.75. The van der Waals surface area contributed by atoms with Crippen molar-refractivity contribution < 1.29 is 19.2 Å². The van der Waals surface area contributed by atoms with E-state index >= 15 is 0 Å². The van der Waals surface area contributed by atoms with E-state index < -0.39 is 17.9 Å². The van der Waals surface area contributed by atoms with Crippen LogP contribution < -0.4 is 10.6 Å². The molecule has 2 aromatic carbocycles. The Kier molecular flexibility index (Phi) is 9.56. The molecule has 0 saturated heterocycles. The third kappa shape index (κ3) is 7.39. The highest BCUT2D eigenvalue weighted by atomic mass is 16.2.